The fraction of sp³-hybridized carbons (Fsp3) is 0.385. The molecule has 21 heavy (non-hydrogen) atoms. The van der Waals surface area contributed by atoms with E-state index in [0.717, 1.165) is 6.07 Å². The zero-order valence-corrected chi connectivity index (χ0v) is 11.1. The smallest absolute Gasteiger partial charge is 0.481 e. The van der Waals surface area contributed by atoms with Crippen LogP contribution in [0.15, 0.2) is 18.2 Å². The highest BCUT2D eigenvalue weighted by atomic mass is 19.4. The molecule has 0 aliphatic heterocycles. The molecule has 0 aliphatic carbocycles. The van der Waals surface area contributed by atoms with Gasteiger partial charge in [-0.3, -0.25) is 4.79 Å². The summed E-state index contributed by atoms with van der Waals surface area (Å²) in [6, 6.07) is 3.74. The van der Waals surface area contributed by atoms with Crippen LogP contribution in [-0.4, -0.2) is 30.0 Å². The van der Waals surface area contributed by atoms with E-state index < -0.39 is 29.6 Å². The third-order valence-corrected chi connectivity index (χ3v) is 2.42. The second kappa shape index (κ2) is 6.96. The van der Waals surface area contributed by atoms with Crippen molar-refractivity contribution >= 4 is 11.9 Å². The first-order valence-electron chi connectivity index (χ1n) is 6.01. The van der Waals surface area contributed by atoms with E-state index in [1.54, 1.807) is 0 Å². The van der Waals surface area contributed by atoms with Gasteiger partial charge in [0.2, 0.25) is 0 Å². The van der Waals surface area contributed by atoms with Crippen molar-refractivity contribution < 1.29 is 37.3 Å². The van der Waals surface area contributed by atoms with Crippen molar-refractivity contribution in [2.24, 2.45) is 0 Å². The molecule has 0 saturated carbocycles. The highest BCUT2D eigenvalue weighted by Crippen LogP contribution is 2.31. The molecule has 0 spiro atoms. The van der Waals surface area contributed by atoms with E-state index in [9.17, 15) is 22.8 Å². The molecule has 0 bridgehead atoms. The highest BCUT2D eigenvalue weighted by Gasteiger charge is 2.34. The first-order valence-corrected chi connectivity index (χ1v) is 6.01. The van der Waals surface area contributed by atoms with Gasteiger partial charge in [-0.05, 0) is 25.0 Å². The van der Waals surface area contributed by atoms with Gasteiger partial charge in [0.25, 0.3) is 0 Å². The zero-order valence-electron chi connectivity index (χ0n) is 11.1. The summed E-state index contributed by atoms with van der Waals surface area (Å²) in [5.74, 6) is -2.85. The lowest BCUT2D eigenvalue weighted by molar-refractivity contribution is -0.275. The van der Waals surface area contributed by atoms with Crippen LogP contribution in [0, 0.1) is 0 Å². The number of esters is 1. The van der Waals surface area contributed by atoms with Crippen LogP contribution in [-0.2, 0) is 16.0 Å². The second-order valence-corrected chi connectivity index (χ2v) is 3.96. The molecule has 0 heterocycles. The van der Waals surface area contributed by atoms with Gasteiger partial charge in [0.1, 0.15) is 11.3 Å². The lowest BCUT2D eigenvalue weighted by Crippen LogP contribution is -2.21. The van der Waals surface area contributed by atoms with E-state index >= 15 is 0 Å². The number of alkyl halides is 3. The van der Waals surface area contributed by atoms with Crippen LogP contribution in [0.1, 0.15) is 29.3 Å². The first-order chi connectivity index (χ1) is 9.74. The largest absolute Gasteiger partial charge is 0.573 e. The normalized spacial score (nSPS) is 11.0. The lowest BCUT2D eigenvalue weighted by atomic mass is 10.0. The molecule has 0 saturated heterocycles. The molecule has 8 heteroatoms. The fourth-order valence-corrected chi connectivity index (χ4v) is 1.63. The number of aryl methyl sites for hydroxylation is 1. The minimum atomic E-state index is -5.00. The Bertz CT molecular complexity index is 525. The fourth-order valence-electron chi connectivity index (χ4n) is 1.63. The van der Waals surface area contributed by atoms with E-state index in [0.29, 0.717) is 0 Å². The van der Waals surface area contributed by atoms with Crippen molar-refractivity contribution in [2.45, 2.75) is 26.1 Å². The zero-order chi connectivity index (χ0) is 16.0. The number of para-hydroxylation sites is 1. The predicted molar refractivity (Wildman–Crippen MR) is 65.0 cm³/mol. The van der Waals surface area contributed by atoms with Gasteiger partial charge in [-0.2, -0.15) is 0 Å². The number of carboxylic acids is 1. The average Bonchev–Trinajstić information content (AvgIpc) is 2.35. The van der Waals surface area contributed by atoms with Gasteiger partial charge >= 0.3 is 18.3 Å². The molecule has 1 rings (SSSR count). The molecule has 0 atom stereocenters. The van der Waals surface area contributed by atoms with Gasteiger partial charge in [-0.1, -0.05) is 12.1 Å². The third-order valence-electron chi connectivity index (χ3n) is 2.42. The predicted octanol–water partition coefficient (Wildman–Crippen LogP) is 2.78. The van der Waals surface area contributed by atoms with Gasteiger partial charge in [-0.25, -0.2) is 4.79 Å². The van der Waals surface area contributed by atoms with Crippen LogP contribution in [0.4, 0.5) is 13.2 Å². The monoisotopic (exact) mass is 306 g/mol. The van der Waals surface area contributed by atoms with Crippen molar-refractivity contribution in [3.63, 3.8) is 0 Å². The number of carboxylic acid groups (broad SMARTS) is 1. The van der Waals surface area contributed by atoms with Crippen molar-refractivity contribution in [2.75, 3.05) is 6.61 Å². The molecule has 116 valence electrons. The standard InChI is InChI=1S/C13H13F3O5/c1-2-20-12(19)9-5-3-4-8(6-7-10(17)18)11(9)21-13(14,15)16/h3-5H,2,6-7H2,1H3,(H,17,18). The number of rotatable bonds is 6. The summed E-state index contributed by atoms with van der Waals surface area (Å²) in [7, 11) is 0. The highest BCUT2D eigenvalue weighted by molar-refractivity contribution is 5.93. The van der Waals surface area contributed by atoms with Crippen LogP contribution in [0.25, 0.3) is 0 Å². The number of hydrogen-bond acceptors (Lipinski definition) is 4. The number of carbonyl (C=O) groups excluding carboxylic acids is 1. The Labute approximate surface area is 118 Å². The maximum Gasteiger partial charge on any atom is 0.573 e. The molecular weight excluding hydrogens is 293 g/mol. The quantitative estimate of drug-likeness (QED) is 0.818. The van der Waals surface area contributed by atoms with Crippen LogP contribution in [0.5, 0.6) is 5.75 Å². The molecule has 0 radical (unpaired) electrons. The third kappa shape index (κ3) is 5.33. The Morgan fingerprint density at radius 1 is 1.29 bits per heavy atom. The molecule has 5 nitrogen and oxygen atoms in total. The molecule has 0 fully saturated rings. The molecule has 0 aromatic heterocycles. The lowest BCUT2D eigenvalue weighted by Gasteiger charge is -2.16. The van der Waals surface area contributed by atoms with Crippen LogP contribution < -0.4 is 4.74 Å². The Hall–Kier alpha value is -2.25. The summed E-state index contributed by atoms with van der Waals surface area (Å²) < 4.78 is 45.9. The summed E-state index contributed by atoms with van der Waals surface area (Å²) in [4.78, 5) is 22.2. The van der Waals surface area contributed by atoms with E-state index in [1.807, 2.05) is 0 Å². The SMILES string of the molecule is CCOC(=O)c1cccc(CCC(=O)O)c1OC(F)(F)F. The molecule has 0 unspecified atom stereocenters. The van der Waals surface area contributed by atoms with Crippen LogP contribution >= 0.6 is 0 Å². The van der Waals surface area contributed by atoms with E-state index in [1.165, 1.54) is 19.1 Å². The van der Waals surface area contributed by atoms with E-state index in [2.05, 4.69) is 9.47 Å². The van der Waals surface area contributed by atoms with Crippen molar-refractivity contribution in [1.82, 2.24) is 0 Å². The van der Waals surface area contributed by atoms with Crippen molar-refractivity contribution in [1.29, 1.82) is 0 Å². The van der Waals surface area contributed by atoms with E-state index in [-0.39, 0.29) is 25.0 Å². The minimum Gasteiger partial charge on any atom is -0.481 e. The molecule has 1 N–H and O–H groups in total. The molecule has 0 aliphatic rings. The Morgan fingerprint density at radius 2 is 1.95 bits per heavy atom. The molecule has 1 aromatic rings. The Morgan fingerprint density at radius 3 is 2.48 bits per heavy atom. The Kier molecular flexibility index (Phi) is 5.57. The minimum absolute atomic E-state index is 0.0103. The topological polar surface area (TPSA) is 72.8 Å². The van der Waals surface area contributed by atoms with Gasteiger partial charge in [-0.15, -0.1) is 13.2 Å². The van der Waals surface area contributed by atoms with E-state index in [4.69, 9.17) is 5.11 Å². The summed E-state index contributed by atoms with van der Waals surface area (Å²) in [5, 5.41) is 8.61. The molecule has 1 aromatic carbocycles. The number of hydrogen-bond donors (Lipinski definition) is 1. The summed E-state index contributed by atoms with van der Waals surface area (Å²) in [6.45, 7) is 1.50. The number of benzene rings is 1. The number of ether oxygens (including phenoxy) is 2. The number of aliphatic carboxylic acids is 1. The average molecular weight is 306 g/mol. The second-order valence-electron chi connectivity index (χ2n) is 3.96. The Balaban J connectivity index is 3.20. The summed E-state index contributed by atoms with van der Waals surface area (Å²) in [6.07, 6.45) is -5.59. The molecule has 0 amide bonds. The van der Waals surface area contributed by atoms with Gasteiger partial charge in [0.15, 0.2) is 0 Å². The number of carbonyl (C=O) groups is 2. The van der Waals surface area contributed by atoms with Crippen molar-refractivity contribution in [3.8, 4) is 5.75 Å². The van der Waals surface area contributed by atoms with Gasteiger partial charge in [0, 0.05) is 6.42 Å². The summed E-state index contributed by atoms with van der Waals surface area (Å²) in [5.41, 5.74) is -0.419. The van der Waals surface area contributed by atoms with Crippen LogP contribution in [0.3, 0.4) is 0 Å². The first kappa shape index (κ1) is 16.8. The van der Waals surface area contributed by atoms with Crippen LogP contribution in [0.2, 0.25) is 0 Å². The maximum absolute atomic E-state index is 12.5. The van der Waals surface area contributed by atoms with Gasteiger partial charge in [0.05, 0.1) is 6.61 Å². The van der Waals surface area contributed by atoms with Gasteiger partial charge < -0.3 is 14.6 Å². The molecular formula is C13H13F3O5. The maximum atomic E-state index is 12.5. The van der Waals surface area contributed by atoms with Crippen molar-refractivity contribution in [3.05, 3.63) is 29.3 Å². The summed E-state index contributed by atoms with van der Waals surface area (Å²) >= 11 is 0. The number of halogens is 3.